The van der Waals surface area contributed by atoms with Gasteiger partial charge in [0.2, 0.25) is 0 Å². The van der Waals surface area contributed by atoms with Gasteiger partial charge in [0.25, 0.3) is 0 Å². The van der Waals surface area contributed by atoms with Crippen LogP contribution in [0.5, 0.6) is 5.75 Å². The smallest absolute Gasteiger partial charge is 0.142 e. The quantitative estimate of drug-likeness (QED) is 0.912. The number of nitrogens with two attached hydrogens (primary N) is 1. The van der Waals surface area contributed by atoms with E-state index >= 15 is 0 Å². The van der Waals surface area contributed by atoms with E-state index in [1.165, 1.54) is 0 Å². The van der Waals surface area contributed by atoms with Gasteiger partial charge < -0.3 is 15.4 Å². The van der Waals surface area contributed by atoms with Crippen LogP contribution in [0.15, 0.2) is 42.7 Å². The van der Waals surface area contributed by atoms with Crippen LogP contribution < -0.4 is 15.4 Å². The van der Waals surface area contributed by atoms with Crippen LogP contribution in [0.4, 0.5) is 5.69 Å². The van der Waals surface area contributed by atoms with Gasteiger partial charge in [-0.2, -0.15) is 5.10 Å². The van der Waals surface area contributed by atoms with Gasteiger partial charge in [0, 0.05) is 31.5 Å². The molecular formula is C16H22N4O. The Kier molecular flexibility index (Phi) is 4.40. The summed E-state index contributed by atoms with van der Waals surface area (Å²) in [5.74, 6) is 0.929. The first-order valence-corrected chi connectivity index (χ1v) is 7.53. The van der Waals surface area contributed by atoms with Crippen molar-refractivity contribution in [2.45, 2.75) is 25.4 Å². The van der Waals surface area contributed by atoms with Gasteiger partial charge in [-0.15, -0.1) is 0 Å². The maximum atomic E-state index is 6.08. The van der Waals surface area contributed by atoms with Crippen molar-refractivity contribution in [1.29, 1.82) is 0 Å². The van der Waals surface area contributed by atoms with Crippen LogP contribution in [-0.4, -0.2) is 35.5 Å². The van der Waals surface area contributed by atoms with Crippen LogP contribution in [0.2, 0.25) is 0 Å². The zero-order valence-electron chi connectivity index (χ0n) is 12.2. The van der Waals surface area contributed by atoms with Gasteiger partial charge in [-0.3, -0.25) is 4.68 Å². The second-order valence-electron chi connectivity index (χ2n) is 5.43. The van der Waals surface area contributed by atoms with Crippen molar-refractivity contribution in [2.24, 2.45) is 5.73 Å². The summed E-state index contributed by atoms with van der Waals surface area (Å²) in [6.07, 6.45) is 5.98. The zero-order valence-corrected chi connectivity index (χ0v) is 12.2. The fourth-order valence-electron chi connectivity index (χ4n) is 2.75. The Hall–Kier alpha value is -2.01. The minimum atomic E-state index is 0.260. The first-order valence-electron chi connectivity index (χ1n) is 7.53. The molecule has 5 nitrogen and oxygen atoms in total. The summed E-state index contributed by atoms with van der Waals surface area (Å²) >= 11 is 0. The van der Waals surface area contributed by atoms with E-state index in [0.717, 1.165) is 43.9 Å². The van der Waals surface area contributed by atoms with Crippen LogP contribution in [0.1, 0.15) is 12.8 Å². The Morgan fingerprint density at radius 3 is 3.00 bits per heavy atom. The van der Waals surface area contributed by atoms with Gasteiger partial charge in [0.1, 0.15) is 12.4 Å². The molecule has 2 heterocycles. The Labute approximate surface area is 125 Å². The maximum Gasteiger partial charge on any atom is 0.142 e. The van der Waals surface area contributed by atoms with Crippen molar-refractivity contribution in [3.8, 4) is 5.75 Å². The van der Waals surface area contributed by atoms with E-state index in [-0.39, 0.29) is 6.04 Å². The van der Waals surface area contributed by atoms with Crippen LogP contribution in [0.3, 0.4) is 0 Å². The van der Waals surface area contributed by atoms with E-state index in [1.54, 1.807) is 6.20 Å². The number of hydrogen-bond acceptors (Lipinski definition) is 4. The number of ether oxygens (including phenoxy) is 1. The molecule has 0 radical (unpaired) electrons. The number of anilines is 1. The molecule has 1 atom stereocenters. The van der Waals surface area contributed by atoms with Crippen LogP contribution >= 0.6 is 0 Å². The summed E-state index contributed by atoms with van der Waals surface area (Å²) in [6, 6.07) is 10.4. The molecule has 1 unspecified atom stereocenters. The summed E-state index contributed by atoms with van der Waals surface area (Å²) in [7, 11) is 0. The number of rotatable bonds is 5. The van der Waals surface area contributed by atoms with Gasteiger partial charge >= 0.3 is 0 Å². The average molecular weight is 286 g/mol. The van der Waals surface area contributed by atoms with Crippen molar-refractivity contribution in [2.75, 3.05) is 24.6 Å². The molecule has 1 aliphatic heterocycles. The van der Waals surface area contributed by atoms with Crippen molar-refractivity contribution in [3.63, 3.8) is 0 Å². The largest absolute Gasteiger partial charge is 0.489 e. The van der Waals surface area contributed by atoms with Gasteiger partial charge in [-0.25, -0.2) is 0 Å². The second-order valence-corrected chi connectivity index (χ2v) is 5.43. The molecule has 0 bridgehead atoms. The molecule has 0 saturated carbocycles. The highest BCUT2D eigenvalue weighted by Gasteiger charge is 2.19. The number of hydrogen-bond donors (Lipinski definition) is 1. The second kappa shape index (κ2) is 6.63. The van der Waals surface area contributed by atoms with Crippen LogP contribution in [0.25, 0.3) is 0 Å². The molecule has 2 aromatic rings. The lowest BCUT2D eigenvalue weighted by Gasteiger charge is -2.33. The van der Waals surface area contributed by atoms with E-state index in [9.17, 15) is 0 Å². The lowest BCUT2D eigenvalue weighted by molar-refractivity contribution is 0.291. The Morgan fingerprint density at radius 1 is 1.29 bits per heavy atom. The highest BCUT2D eigenvalue weighted by Crippen LogP contribution is 2.30. The van der Waals surface area contributed by atoms with E-state index in [0.29, 0.717) is 6.61 Å². The van der Waals surface area contributed by atoms with Gasteiger partial charge in [-0.05, 0) is 31.0 Å². The van der Waals surface area contributed by atoms with Gasteiger partial charge in [-0.1, -0.05) is 12.1 Å². The van der Waals surface area contributed by atoms with E-state index in [4.69, 9.17) is 10.5 Å². The summed E-state index contributed by atoms with van der Waals surface area (Å²) in [4.78, 5) is 2.33. The molecular weight excluding hydrogens is 264 g/mol. The normalized spacial score (nSPS) is 18.7. The molecule has 3 rings (SSSR count). The number of nitrogens with zero attached hydrogens (tertiary/aromatic N) is 3. The molecule has 0 spiro atoms. The summed E-state index contributed by atoms with van der Waals surface area (Å²) in [5.41, 5.74) is 7.23. The molecule has 1 saturated heterocycles. The van der Waals surface area contributed by atoms with Crippen LogP contribution in [-0.2, 0) is 6.54 Å². The standard InChI is InChI=1S/C16H22N4O/c17-14-5-3-9-19(13-14)15-6-1-2-7-16(15)21-12-11-20-10-4-8-18-20/h1-2,4,6-8,10,14H,3,5,9,11-13,17H2. The minimum absolute atomic E-state index is 0.260. The van der Waals surface area contributed by atoms with E-state index in [1.807, 2.05) is 29.1 Å². The molecule has 112 valence electrons. The van der Waals surface area contributed by atoms with Crippen molar-refractivity contribution < 1.29 is 4.74 Å². The highest BCUT2D eigenvalue weighted by molar-refractivity contribution is 5.58. The molecule has 2 N–H and O–H groups in total. The van der Waals surface area contributed by atoms with E-state index < -0.39 is 0 Å². The average Bonchev–Trinajstić information content (AvgIpc) is 3.01. The predicted octanol–water partition coefficient (Wildman–Crippen LogP) is 1.89. The lowest BCUT2D eigenvalue weighted by atomic mass is 10.1. The third-order valence-electron chi connectivity index (χ3n) is 3.80. The third kappa shape index (κ3) is 3.55. The number of benzene rings is 1. The third-order valence-corrected chi connectivity index (χ3v) is 3.80. The Bertz CT molecular complexity index is 555. The number of piperidine rings is 1. The molecule has 1 aromatic carbocycles. The predicted molar refractivity (Wildman–Crippen MR) is 83.6 cm³/mol. The minimum Gasteiger partial charge on any atom is -0.489 e. The molecule has 1 aliphatic rings. The summed E-state index contributed by atoms with van der Waals surface area (Å²) < 4.78 is 7.83. The SMILES string of the molecule is NC1CCCN(c2ccccc2OCCn2cccn2)C1. The number of aromatic nitrogens is 2. The molecule has 0 amide bonds. The fraction of sp³-hybridized carbons (Fsp3) is 0.438. The monoisotopic (exact) mass is 286 g/mol. The zero-order chi connectivity index (χ0) is 14.5. The Balaban J connectivity index is 1.64. The summed E-state index contributed by atoms with van der Waals surface area (Å²) in [6.45, 7) is 3.31. The molecule has 5 heteroatoms. The van der Waals surface area contributed by atoms with Gasteiger partial charge in [0.05, 0.1) is 12.2 Å². The highest BCUT2D eigenvalue weighted by atomic mass is 16.5. The van der Waals surface area contributed by atoms with Crippen LogP contribution in [0, 0.1) is 0 Å². The molecule has 0 aliphatic carbocycles. The summed E-state index contributed by atoms with van der Waals surface area (Å²) in [5, 5.41) is 4.18. The first kappa shape index (κ1) is 13.9. The van der Waals surface area contributed by atoms with E-state index in [2.05, 4.69) is 22.1 Å². The fourth-order valence-corrected chi connectivity index (χ4v) is 2.75. The lowest BCUT2D eigenvalue weighted by Crippen LogP contribution is -2.43. The first-order chi connectivity index (χ1) is 10.3. The topological polar surface area (TPSA) is 56.3 Å². The molecule has 1 aromatic heterocycles. The van der Waals surface area contributed by atoms with Crippen molar-refractivity contribution >= 4 is 5.69 Å². The maximum absolute atomic E-state index is 6.08. The Morgan fingerprint density at radius 2 is 2.19 bits per heavy atom. The van der Waals surface area contributed by atoms with Gasteiger partial charge in [0.15, 0.2) is 0 Å². The molecule has 1 fully saturated rings. The van der Waals surface area contributed by atoms with Crippen molar-refractivity contribution in [3.05, 3.63) is 42.7 Å². The number of para-hydroxylation sites is 2. The molecule has 21 heavy (non-hydrogen) atoms. The van der Waals surface area contributed by atoms with Crippen molar-refractivity contribution in [1.82, 2.24) is 9.78 Å².